The third-order valence-corrected chi connectivity index (χ3v) is 7.08. The third kappa shape index (κ3) is 9.49. The monoisotopic (exact) mass is 472 g/mol. The van der Waals surface area contributed by atoms with E-state index in [1.165, 1.54) is 64.7 Å². The van der Waals surface area contributed by atoms with Crippen molar-refractivity contribution < 1.29 is 4.79 Å². The van der Waals surface area contributed by atoms with Gasteiger partial charge in [0.15, 0.2) is 0 Å². The van der Waals surface area contributed by atoms with E-state index in [4.69, 9.17) is 0 Å². The van der Waals surface area contributed by atoms with Crippen molar-refractivity contribution in [2.24, 2.45) is 11.8 Å². The number of carbonyl (C=O) groups excluding carboxylic acids is 1. The molecule has 29 heavy (non-hydrogen) atoms. The second-order valence-corrected chi connectivity index (χ2v) is 9.02. The van der Waals surface area contributed by atoms with Crippen molar-refractivity contribution in [3.8, 4) is 0 Å². The molecule has 1 atom stereocenters. The average Bonchev–Trinajstić information content (AvgIpc) is 3.19. The molecule has 3 aliphatic heterocycles. The van der Waals surface area contributed by atoms with Gasteiger partial charge in [0.05, 0.1) is 0 Å². The molecule has 3 aliphatic rings. The molecule has 0 aromatic heterocycles. The summed E-state index contributed by atoms with van der Waals surface area (Å²) in [7, 11) is 4.24. The number of hydrogen-bond donors (Lipinski definition) is 1. The molecule has 0 radical (unpaired) electrons. The van der Waals surface area contributed by atoms with E-state index in [1.54, 1.807) is 0 Å². The van der Waals surface area contributed by atoms with E-state index in [2.05, 4.69) is 22.2 Å². The highest BCUT2D eigenvalue weighted by molar-refractivity contribution is 5.86. The minimum Gasteiger partial charge on any atom is -0.346 e. The predicted octanol–water partition coefficient (Wildman–Crippen LogP) is 3.30. The second kappa shape index (κ2) is 15.1. The van der Waals surface area contributed by atoms with Crippen molar-refractivity contribution in [2.75, 3.05) is 59.9 Å². The molecule has 0 bridgehead atoms. The molecule has 174 valence electrons. The van der Waals surface area contributed by atoms with Crippen molar-refractivity contribution in [1.82, 2.24) is 20.0 Å². The van der Waals surface area contributed by atoms with Crippen molar-refractivity contribution in [1.29, 1.82) is 0 Å². The van der Waals surface area contributed by atoms with Crippen LogP contribution in [0, 0.1) is 11.8 Å². The summed E-state index contributed by atoms with van der Waals surface area (Å²) in [5.74, 6) is 1.88. The Labute approximate surface area is 196 Å². The van der Waals surface area contributed by atoms with Gasteiger partial charge in [-0.05, 0) is 103 Å². The summed E-state index contributed by atoms with van der Waals surface area (Å²) >= 11 is 0. The average molecular weight is 474 g/mol. The van der Waals surface area contributed by atoms with E-state index in [-0.39, 0.29) is 37.2 Å². The molecule has 1 N–H and O–H groups in total. The topological polar surface area (TPSA) is 38.8 Å². The molecule has 0 aliphatic carbocycles. The Hall–Kier alpha value is 0.220. The van der Waals surface area contributed by atoms with Crippen LogP contribution in [0.25, 0.3) is 0 Å². The fraction of sp³-hybridized carbons (Fsp3) is 0.952. The summed E-state index contributed by atoms with van der Waals surface area (Å²) in [5.41, 5.74) is 0. The van der Waals surface area contributed by atoms with Gasteiger partial charge in [-0.25, -0.2) is 0 Å². The minimum absolute atomic E-state index is 0. The van der Waals surface area contributed by atoms with Gasteiger partial charge in [0.1, 0.15) is 0 Å². The van der Waals surface area contributed by atoms with Gasteiger partial charge >= 0.3 is 0 Å². The number of hydrogen-bond acceptors (Lipinski definition) is 4. The van der Waals surface area contributed by atoms with Crippen LogP contribution in [0.2, 0.25) is 0 Å². The van der Waals surface area contributed by atoms with Crippen LogP contribution in [0.1, 0.15) is 51.4 Å². The summed E-state index contributed by atoms with van der Waals surface area (Å²) in [6.07, 6.45) is 9.55. The SMILES string of the molecule is CN1CCC(N2CCC(CCN(C)C(=O)CCC3CCNC3)CC2)CC1.Cl.Cl.Cl. The maximum Gasteiger partial charge on any atom is 0.222 e. The predicted molar refractivity (Wildman–Crippen MR) is 129 cm³/mol. The van der Waals surface area contributed by atoms with Gasteiger partial charge in [0.2, 0.25) is 5.91 Å². The Morgan fingerprint density at radius 1 is 0.931 bits per heavy atom. The summed E-state index contributed by atoms with van der Waals surface area (Å²) in [6.45, 7) is 8.23. The van der Waals surface area contributed by atoms with E-state index >= 15 is 0 Å². The molecule has 1 amide bonds. The molecule has 1 unspecified atom stereocenters. The van der Waals surface area contributed by atoms with Crippen LogP contribution < -0.4 is 5.32 Å². The highest BCUT2D eigenvalue weighted by Crippen LogP contribution is 2.25. The van der Waals surface area contributed by atoms with Crippen LogP contribution in [-0.2, 0) is 4.79 Å². The lowest BCUT2D eigenvalue weighted by Gasteiger charge is -2.41. The summed E-state index contributed by atoms with van der Waals surface area (Å²) in [4.78, 5) is 19.5. The minimum atomic E-state index is 0. The Morgan fingerprint density at radius 3 is 2.17 bits per heavy atom. The van der Waals surface area contributed by atoms with Crippen molar-refractivity contribution in [3.05, 3.63) is 0 Å². The van der Waals surface area contributed by atoms with E-state index in [1.807, 2.05) is 11.9 Å². The van der Waals surface area contributed by atoms with E-state index in [0.717, 1.165) is 50.4 Å². The number of rotatable bonds is 7. The zero-order valence-corrected chi connectivity index (χ0v) is 20.8. The summed E-state index contributed by atoms with van der Waals surface area (Å²) in [5, 5.41) is 3.39. The first-order valence-corrected chi connectivity index (χ1v) is 11.0. The molecule has 3 fully saturated rings. The number of halogens is 3. The van der Waals surface area contributed by atoms with Gasteiger partial charge in [-0.3, -0.25) is 4.79 Å². The zero-order chi connectivity index (χ0) is 18.4. The molecule has 0 aromatic rings. The quantitative estimate of drug-likeness (QED) is 0.616. The van der Waals surface area contributed by atoms with Gasteiger partial charge in [0.25, 0.3) is 0 Å². The lowest BCUT2D eigenvalue weighted by Crippen LogP contribution is -2.47. The first-order chi connectivity index (χ1) is 12.6. The number of likely N-dealkylation sites (tertiary alicyclic amines) is 2. The largest absolute Gasteiger partial charge is 0.346 e. The summed E-state index contributed by atoms with van der Waals surface area (Å²) < 4.78 is 0. The Bertz CT molecular complexity index is 436. The molecule has 8 heteroatoms. The maximum atomic E-state index is 12.4. The molecule has 3 heterocycles. The van der Waals surface area contributed by atoms with Crippen molar-refractivity contribution in [3.63, 3.8) is 0 Å². The number of amides is 1. The lowest BCUT2D eigenvalue weighted by atomic mass is 9.91. The molecule has 3 saturated heterocycles. The van der Waals surface area contributed by atoms with Crippen LogP contribution in [0.5, 0.6) is 0 Å². The molecular weight excluding hydrogens is 431 g/mol. The van der Waals surface area contributed by atoms with Crippen LogP contribution >= 0.6 is 37.2 Å². The van der Waals surface area contributed by atoms with Gasteiger partial charge < -0.3 is 20.0 Å². The molecule has 3 rings (SSSR count). The van der Waals surface area contributed by atoms with Gasteiger partial charge in [-0.15, -0.1) is 37.2 Å². The second-order valence-electron chi connectivity index (χ2n) is 9.02. The van der Waals surface area contributed by atoms with Crippen LogP contribution in [0.3, 0.4) is 0 Å². The van der Waals surface area contributed by atoms with Crippen LogP contribution in [0.15, 0.2) is 0 Å². The molecule has 5 nitrogen and oxygen atoms in total. The fourth-order valence-corrected chi connectivity index (χ4v) is 4.95. The van der Waals surface area contributed by atoms with Gasteiger partial charge in [-0.2, -0.15) is 0 Å². The smallest absolute Gasteiger partial charge is 0.222 e. The Kier molecular flexibility index (Phi) is 15.2. The number of carbonyl (C=O) groups is 1. The summed E-state index contributed by atoms with van der Waals surface area (Å²) in [6, 6.07) is 0.821. The third-order valence-electron chi connectivity index (χ3n) is 7.08. The zero-order valence-electron chi connectivity index (χ0n) is 18.3. The molecule has 0 saturated carbocycles. The van der Waals surface area contributed by atoms with Gasteiger partial charge in [0, 0.05) is 26.1 Å². The normalized spacial score (nSPS) is 24.3. The fourth-order valence-electron chi connectivity index (χ4n) is 4.95. The van der Waals surface area contributed by atoms with E-state index in [9.17, 15) is 4.79 Å². The number of nitrogens with one attached hydrogen (secondary N) is 1. The van der Waals surface area contributed by atoms with E-state index in [0.29, 0.717) is 5.91 Å². The van der Waals surface area contributed by atoms with Crippen LogP contribution in [-0.4, -0.2) is 86.6 Å². The highest BCUT2D eigenvalue weighted by Gasteiger charge is 2.27. The first kappa shape index (κ1) is 29.2. The number of piperidine rings is 2. The van der Waals surface area contributed by atoms with Crippen molar-refractivity contribution >= 4 is 43.1 Å². The highest BCUT2D eigenvalue weighted by atomic mass is 35.5. The standard InChI is InChI=1S/C21H40N4O.3ClH/c1-23-12-9-20(10-13-23)25-15-7-18(8-16-25)6-14-24(2)21(26)4-3-19-5-11-22-17-19;;;/h18-20,22H,3-17H2,1-2H3;3*1H. The maximum absolute atomic E-state index is 12.4. The van der Waals surface area contributed by atoms with Crippen molar-refractivity contribution in [2.45, 2.75) is 57.4 Å². The number of nitrogens with zero attached hydrogens (tertiary/aromatic N) is 3. The van der Waals surface area contributed by atoms with E-state index < -0.39 is 0 Å². The Balaban J connectivity index is 0.00000261. The molecule has 0 aromatic carbocycles. The van der Waals surface area contributed by atoms with Gasteiger partial charge in [-0.1, -0.05) is 0 Å². The molecular formula is C21H43Cl3N4O. The lowest BCUT2D eigenvalue weighted by molar-refractivity contribution is -0.130. The molecule has 0 spiro atoms. The first-order valence-electron chi connectivity index (χ1n) is 11.0. The van der Waals surface area contributed by atoms with Crippen LogP contribution in [0.4, 0.5) is 0 Å². The Morgan fingerprint density at radius 2 is 1.59 bits per heavy atom.